The van der Waals surface area contributed by atoms with Crippen molar-refractivity contribution in [1.82, 2.24) is 5.43 Å². The molecule has 11 heteroatoms. The van der Waals surface area contributed by atoms with E-state index in [1.165, 1.54) is 56.1 Å². The largest absolute Gasteiger partial charge is 0.326 e. The minimum atomic E-state index is -0.522. The summed E-state index contributed by atoms with van der Waals surface area (Å²) < 4.78 is 0. The number of hydrogen-bond acceptors (Lipinski definition) is 7. The minimum Gasteiger partial charge on any atom is -0.326 e. The summed E-state index contributed by atoms with van der Waals surface area (Å²) in [6.45, 7) is 2.79. The molecule has 35 heavy (non-hydrogen) atoms. The molecule has 0 spiro atoms. The molecule has 0 atom stereocenters. The van der Waals surface area contributed by atoms with E-state index in [9.17, 15) is 24.5 Å². The van der Waals surface area contributed by atoms with E-state index in [1.54, 1.807) is 30.3 Å². The molecule has 0 radical (unpaired) electrons. The molecule has 178 valence electrons. The summed E-state index contributed by atoms with van der Waals surface area (Å²) in [4.78, 5) is 47.1. The van der Waals surface area contributed by atoms with E-state index in [-0.39, 0.29) is 17.5 Å². The molecule has 0 aliphatic heterocycles. The molecule has 0 fully saturated rings. The number of carbonyl (C=O) groups is 3. The second-order valence-electron chi connectivity index (χ2n) is 7.22. The first-order chi connectivity index (χ1) is 16.7. The van der Waals surface area contributed by atoms with Gasteiger partial charge in [0.15, 0.2) is 0 Å². The lowest BCUT2D eigenvalue weighted by atomic mass is 10.2. The van der Waals surface area contributed by atoms with Crippen molar-refractivity contribution in [2.45, 2.75) is 23.6 Å². The van der Waals surface area contributed by atoms with Crippen LogP contribution in [0.1, 0.15) is 29.8 Å². The average molecular weight is 492 g/mol. The van der Waals surface area contributed by atoms with Gasteiger partial charge in [-0.3, -0.25) is 24.5 Å². The number of anilines is 2. The van der Waals surface area contributed by atoms with E-state index in [0.717, 1.165) is 4.90 Å². The van der Waals surface area contributed by atoms with Crippen LogP contribution in [-0.2, 0) is 9.59 Å². The summed E-state index contributed by atoms with van der Waals surface area (Å²) >= 11 is 1.29. The van der Waals surface area contributed by atoms with Gasteiger partial charge in [0.25, 0.3) is 11.6 Å². The fraction of sp³-hybridized carbons (Fsp3) is 0.0833. The van der Waals surface area contributed by atoms with Crippen molar-refractivity contribution in [2.75, 3.05) is 10.6 Å². The molecule has 3 rings (SSSR count). The van der Waals surface area contributed by atoms with E-state index in [1.807, 2.05) is 12.1 Å². The van der Waals surface area contributed by atoms with Crippen molar-refractivity contribution in [3.63, 3.8) is 0 Å². The number of non-ortho nitro benzene ring substituents is 1. The van der Waals surface area contributed by atoms with E-state index < -0.39 is 10.8 Å². The van der Waals surface area contributed by atoms with Crippen LogP contribution < -0.4 is 16.1 Å². The Morgan fingerprint density at radius 1 is 0.914 bits per heavy atom. The Morgan fingerprint density at radius 3 is 2.26 bits per heavy atom. The Morgan fingerprint density at radius 2 is 1.60 bits per heavy atom. The fourth-order valence-corrected chi connectivity index (χ4v) is 3.92. The molecule has 3 aromatic rings. The zero-order valence-corrected chi connectivity index (χ0v) is 19.6. The standard InChI is InChI=1S/C24H21N5O5S/c1-15(30)26-19-9-7-17(8-10-19)24(32)28-25-14-18-13-20(29(33)34)11-12-22(18)35-23-6-4-3-5-21(23)27-16(2)31/h3-14H,1-2H3,(H,26,30)(H,27,31)(H,28,32). The highest BCUT2D eigenvalue weighted by molar-refractivity contribution is 7.99. The first kappa shape index (κ1) is 25.1. The topological polar surface area (TPSA) is 143 Å². The molecule has 0 aliphatic rings. The van der Waals surface area contributed by atoms with Gasteiger partial charge >= 0.3 is 0 Å². The van der Waals surface area contributed by atoms with Crippen LogP contribution in [0.3, 0.4) is 0 Å². The minimum absolute atomic E-state index is 0.133. The van der Waals surface area contributed by atoms with Gasteiger partial charge in [-0.2, -0.15) is 5.10 Å². The highest BCUT2D eigenvalue weighted by Gasteiger charge is 2.13. The fourth-order valence-electron chi connectivity index (χ4n) is 2.94. The molecule has 10 nitrogen and oxygen atoms in total. The van der Waals surface area contributed by atoms with Crippen molar-refractivity contribution in [2.24, 2.45) is 5.10 Å². The van der Waals surface area contributed by atoms with Crippen LogP contribution in [0.15, 0.2) is 81.6 Å². The highest BCUT2D eigenvalue weighted by atomic mass is 32.2. The van der Waals surface area contributed by atoms with Crippen LogP contribution >= 0.6 is 11.8 Å². The van der Waals surface area contributed by atoms with E-state index in [4.69, 9.17) is 0 Å². The summed E-state index contributed by atoms with van der Waals surface area (Å²) in [6, 6.07) is 17.7. The normalized spacial score (nSPS) is 10.6. The molecule has 0 saturated carbocycles. The average Bonchev–Trinajstić information content (AvgIpc) is 2.80. The van der Waals surface area contributed by atoms with E-state index in [0.29, 0.717) is 27.4 Å². The second-order valence-corrected chi connectivity index (χ2v) is 8.30. The SMILES string of the molecule is CC(=O)Nc1ccc(C(=O)NN=Cc2cc([N+](=O)[O-])ccc2Sc2ccccc2NC(C)=O)cc1. The summed E-state index contributed by atoms with van der Waals surface area (Å²) in [5.41, 5.74) is 4.13. The lowest BCUT2D eigenvalue weighted by Gasteiger charge is -2.11. The summed E-state index contributed by atoms with van der Waals surface area (Å²) in [5.74, 6) is -0.945. The second kappa shape index (κ2) is 11.6. The monoisotopic (exact) mass is 491 g/mol. The van der Waals surface area contributed by atoms with Crippen LogP contribution in [0.2, 0.25) is 0 Å². The van der Waals surface area contributed by atoms with Gasteiger partial charge in [-0.1, -0.05) is 23.9 Å². The highest BCUT2D eigenvalue weighted by Crippen LogP contribution is 2.36. The van der Waals surface area contributed by atoms with Crippen molar-refractivity contribution >= 4 is 52.8 Å². The lowest BCUT2D eigenvalue weighted by Crippen LogP contribution is -2.17. The summed E-state index contributed by atoms with van der Waals surface area (Å²) in [5, 5.41) is 20.6. The third-order valence-electron chi connectivity index (χ3n) is 4.46. The molecular weight excluding hydrogens is 470 g/mol. The number of amides is 3. The number of carbonyl (C=O) groups excluding carboxylic acids is 3. The van der Waals surface area contributed by atoms with Crippen LogP contribution in [-0.4, -0.2) is 28.9 Å². The zero-order valence-electron chi connectivity index (χ0n) is 18.8. The smallest absolute Gasteiger partial charge is 0.271 e. The number of nitro benzene ring substituents is 1. The third-order valence-corrected chi connectivity index (χ3v) is 5.63. The Labute approximate surface area is 205 Å². The number of nitro groups is 1. The van der Waals surface area contributed by atoms with Gasteiger partial charge in [-0.15, -0.1) is 0 Å². The maximum Gasteiger partial charge on any atom is 0.271 e. The first-order valence-electron chi connectivity index (χ1n) is 10.3. The quantitative estimate of drug-likeness (QED) is 0.242. The van der Waals surface area contributed by atoms with Gasteiger partial charge in [-0.05, 0) is 42.5 Å². The van der Waals surface area contributed by atoms with Crippen LogP contribution in [0.25, 0.3) is 0 Å². The molecular formula is C24H21N5O5S. The van der Waals surface area contributed by atoms with Gasteiger partial charge in [-0.25, -0.2) is 5.43 Å². The van der Waals surface area contributed by atoms with Crippen molar-refractivity contribution in [3.05, 3.63) is 88.0 Å². The zero-order chi connectivity index (χ0) is 25.4. The van der Waals surface area contributed by atoms with Crippen LogP contribution in [0.4, 0.5) is 17.1 Å². The van der Waals surface area contributed by atoms with Gasteiger partial charge in [0.05, 0.1) is 16.8 Å². The molecule has 0 aromatic heterocycles. The summed E-state index contributed by atoms with van der Waals surface area (Å²) in [6.07, 6.45) is 1.32. The van der Waals surface area contributed by atoms with Crippen LogP contribution in [0.5, 0.6) is 0 Å². The number of hydrazone groups is 1. The number of hydrogen-bond donors (Lipinski definition) is 3. The predicted molar refractivity (Wildman–Crippen MR) is 134 cm³/mol. The van der Waals surface area contributed by atoms with Gasteiger partial charge in [0.1, 0.15) is 0 Å². The van der Waals surface area contributed by atoms with Crippen molar-refractivity contribution < 1.29 is 19.3 Å². The molecule has 0 saturated heterocycles. The Hall–Kier alpha value is -4.51. The maximum absolute atomic E-state index is 12.4. The molecule has 3 N–H and O–H groups in total. The first-order valence-corrected chi connectivity index (χ1v) is 11.1. The third kappa shape index (κ3) is 7.24. The molecule has 0 aliphatic carbocycles. The number of nitrogens with one attached hydrogen (secondary N) is 3. The molecule has 0 bridgehead atoms. The number of para-hydroxylation sites is 1. The lowest BCUT2D eigenvalue weighted by molar-refractivity contribution is -0.384. The van der Waals surface area contributed by atoms with Crippen molar-refractivity contribution in [3.8, 4) is 0 Å². The Kier molecular flexibility index (Phi) is 8.30. The number of benzene rings is 3. The molecule has 0 unspecified atom stereocenters. The molecule has 3 aromatic carbocycles. The Balaban J connectivity index is 1.81. The summed E-state index contributed by atoms with van der Waals surface area (Å²) in [7, 11) is 0. The molecule has 3 amide bonds. The van der Waals surface area contributed by atoms with Gasteiger partial charge in [0.2, 0.25) is 11.8 Å². The van der Waals surface area contributed by atoms with Gasteiger partial charge < -0.3 is 10.6 Å². The van der Waals surface area contributed by atoms with Gasteiger partial charge in [0, 0.05) is 52.6 Å². The van der Waals surface area contributed by atoms with E-state index in [2.05, 4.69) is 21.2 Å². The maximum atomic E-state index is 12.4. The predicted octanol–water partition coefficient (Wildman–Crippen LogP) is 4.43. The number of rotatable bonds is 8. The van der Waals surface area contributed by atoms with E-state index >= 15 is 0 Å². The number of nitrogens with zero attached hydrogens (tertiary/aromatic N) is 2. The Bertz CT molecular complexity index is 1310. The van der Waals surface area contributed by atoms with Crippen molar-refractivity contribution in [1.29, 1.82) is 0 Å². The van der Waals surface area contributed by atoms with Crippen LogP contribution in [0, 0.1) is 10.1 Å². The molecule has 0 heterocycles.